The van der Waals surface area contributed by atoms with E-state index in [-0.39, 0.29) is 10.7 Å². The van der Waals surface area contributed by atoms with Crippen molar-refractivity contribution in [1.82, 2.24) is 0 Å². The fraction of sp³-hybridized carbons (Fsp3) is 0.333. The molecule has 0 atom stereocenters. The summed E-state index contributed by atoms with van der Waals surface area (Å²) >= 11 is 5.60. The number of amides is 1. The van der Waals surface area contributed by atoms with E-state index in [9.17, 15) is 9.18 Å². The van der Waals surface area contributed by atoms with Crippen molar-refractivity contribution >= 4 is 23.2 Å². The Labute approximate surface area is 103 Å². The number of nitrogens with zero attached hydrogens (tertiary/aromatic N) is 1. The Morgan fingerprint density at radius 2 is 2.24 bits per heavy atom. The summed E-state index contributed by atoms with van der Waals surface area (Å²) in [6, 6.07) is 6.00. The van der Waals surface area contributed by atoms with Crippen molar-refractivity contribution < 1.29 is 9.18 Å². The second kappa shape index (κ2) is 4.34. The second-order valence-corrected chi connectivity index (χ2v) is 4.56. The van der Waals surface area contributed by atoms with Gasteiger partial charge in [0.2, 0.25) is 5.91 Å². The minimum absolute atomic E-state index is 0.0564. The molecule has 0 unspecified atom stereocenters. The van der Waals surface area contributed by atoms with Crippen LogP contribution >= 0.6 is 11.6 Å². The van der Waals surface area contributed by atoms with Crippen molar-refractivity contribution in [2.45, 2.75) is 19.3 Å². The molecule has 0 bridgehead atoms. The highest BCUT2D eigenvalue weighted by atomic mass is 35.5. The first-order valence-corrected chi connectivity index (χ1v) is 5.63. The van der Waals surface area contributed by atoms with Gasteiger partial charge in [-0.05, 0) is 37.5 Å². The van der Waals surface area contributed by atoms with Gasteiger partial charge in [0.05, 0.1) is 11.8 Å². The fourth-order valence-electron chi connectivity index (χ4n) is 1.75. The number of rotatable bonds is 2. The average molecular weight is 253 g/mol. The van der Waals surface area contributed by atoms with E-state index in [4.69, 9.17) is 16.9 Å². The third kappa shape index (κ3) is 2.11. The minimum Gasteiger partial charge on any atom is -0.322 e. The predicted octanol–water partition coefficient (Wildman–Crippen LogP) is 3.11. The number of benzene rings is 1. The summed E-state index contributed by atoms with van der Waals surface area (Å²) in [5.74, 6) is -1.04. The monoisotopic (exact) mass is 252 g/mol. The van der Waals surface area contributed by atoms with Crippen LogP contribution in [0.1, 0.15) is 19.3 Å². The maximum atomic E-state index is 13.4. The molecular weight excluding hydrogens is 243 g/mol. The lowest BCUT2D eigenvalue weighted by molar-refractivity contribution is -0.126. The van der Waals surface area contributed by atoms with Gasteiger partial charge in [0.1, 0.15) is 11.2 Å². The maximum absolute atomic E-state index is 13.4. The van der Waals surface area contributed by atoms with Crippen LogP contribution in [0, 0.1) is 22.6 Å². The highest BCUT2D eigenvalue weighted by Gasteiger charge is 2.44. The molecule has 1 aromatic carbocycles. The lowest BCUT2D eigenvalue weighted by atomic mass is 9.69. The molecule has 0 saturated heterocycles. The van der Waals surface area contributed by atoms with Gasteiger partial charge in [-0.2, -0.15) is 5.26 Å². The number of carbonyl (C=O) groups excluding carboxylic acids is 1. The molecule has 1 aromatic rings. The van der Waals surface area contributed by atoms with Gasteiger partial charge in [0.25, 0.3) is 0 Å². The first-order chi connectivity index (χ1) is 8.07. The number of halogens is 2. The molecule has 1 fully saturated rings. The SMILES string of the molecule is N#CC1(C(=O)Nc2ccc(Cl)cc2F)CCC1. The van der Waals surface area contributed by atoms with Crippen LogP contribution in [0.25, 0.3) is 0 Å². The molecule has 88 valence electrons. The molecular formula is C12H10ClFN2O. The Morgan fingerprint density at radius 3 is 2.71 bits per heavy atom. The van der Waals surface area contributed by atoms with Crippen LogP contribution in [0.2, 0.25) is 5.02 Å². The summed E-state index contributed by atoms with van der Waals surface area (Å²) in [4.78, 5) is 11.9. The van der Waals surface area contributed by atoms with Gasteiger partial charge in [-0.15, -0.1) is 0 Å². The van der Waals surface area contributed by atoms with Gasteiger partial charge in [0, 0.05) is 5.02 Å². The van der Waals surface area contributed by atoms with Crippen molar-refractivity contribution in [3.8, 4) is 6.07 Å². The molecule has 1 aliphatic carbocycles. The molecule has 0 spiro atoms. The first-order valence-electron chi connectivity index (χ1n) is 5.25. The standard InChI is InChI=1S/C12H10ClFN2O/c13-8-2-3-10(9(14)6-8)16-11(17)12(7-15)4-1-5-12/h2-3,6H,1,4-5H2,(H,16,17). The van der Waals surface area contributed by atoms with Crippen molar-refractivity contribution in [2.75, 3.05) is 5.32 Å². The average Bonchev–Trinajstić information content (AvgIpc) is 2.21. The van der Waals surface area contributed by atoms with Crippen LogP contribution in [0.15, 0.2) is 18.2 Å². The Bertz CT molecular complexity index is 506. The van der Waals surface area contributed by atoms with Gasteiger partial charge in [0.15, 0.2) is 0 Å². The molecule has 0 heterocycles. The van der Waals surface area contributed by atoms with Gasteiger partial charge in [-0.1, -0.05) is 11.6 Å². The van der Waals surface area contributed by atoms with E-state index >= 15 is 0 Å². The zero-order chi connectivity index (χ0) is 12.5. The zero-order valence-electron chi connectivity index (χ0n) is 8.96. The molecule has 0 radical (unpaired) electrons. The summed E-state index contributed by atoms with van der Waals surface area (Å²) < 4.78 is 13.4. The number of hydrogen-bond donors (Lipinski definition) is 1. The second-order valence-electron chi connectivity index (χ2n) is 4.13. The Kier molecular flexibility index (Phi) is 3.03. The Balaban J connectivity index is 2.16. The van der Waals surface area contributed by atoms with Crippen LogP contribution in [-0.4, -0.2) is 5.91 Å². The van der Waals surface area contributed by atoms with Crippen LogP contribution in [-0.2, 0) is 4.79 Å². The van der Waals surface area contributed by atoms with Gasteiger partial charge < -0.3 is 5.32 Å². The summed E-state index contributed by atoms with van der Waals surface area (Å²) in [6.45, 7) is 0. The summed E-state index contributed by atoms with van der Waals surface area (Å²) in [5.41, 5.74) is -0.924. The van der Waals surface area contributed by atoms with Crippen LogP contribution < -0.4 is 5.32 Å². The highest BCUT2D eigenvalue weighted by molar-refractivity contribution is 6.30. The van der Waals surface area contributed by atoms with Crippen molar-refractivity contribution in [1.29, 1.82) is 5.26 Å². The first kappa shape index (κ1) is 11.9. The van der Waals surface area contributed by atoms with Crippen molar-refractivity contribution in [3.63, 3.8) is 0 Å². The van der Waals surface area contributed by atoms with Gasteiger partial charge in [-0.25, -0.2) is 4.39 Å². The van der Waals surface area contributed by atoms with Crippen LogP contribution in [0.5, 0.6) is 0 Å². The molecule has 0 aromatic heterocycles. The lowest BCUT2D eigenvalue weighted by Gasteiger charge is -2.33. The largest absolute Gasteiger partial charge is 0.322 e. The molecule has 1 saturated carbocycles. The van der Waals surface area contributed by atoms with E-state index in [0.29, 0.717) is 12.8 Å². The molecule has 5 heteroatoms. The molecule has 1 N–H and O–H groups in total. The van der Waals surface area contributed by atoms with Crippen molar-refractivity contribution in [3.05, 3.63) is 29.0 Å². The summed E-state index contributed by atoms with van der Waals surface area (Å²) in [7, 11) is 0. The van der Waals surface area contributed by atoms with Crippen LogP contribution in [0.3, 0.4) is 0 Å². The van der Waals surface area contributed by atoms with Gasteiger partial charge >= 0.3 is 0 Å². The summed E-state index contributed by atoms with van der Waals surface area (Å²) in [5, 5.41) is 11.7. The van der Waals surface area contributed by atoms with E-state index in [1.807, 2.05) is 6.07 Å². The number of carbonyl (C=O) groups is 1. The molecule has 1 amide bonds. The Morgan fingerprint density at radius 1 is 1.53 bits per heavy atom. The highest BCUT2D eigenvalue weighted by Crippen LogP contribution is 2.41. The third-order valence-electron chi connectivity index (χ3n) is 3.04. The van der Waals surface area contributed by atoms with E-state index in [2.05, 4.69) is 5.32 Å². The lowest BCUT2D eigenvalue weighted by Crippen LogP contribution is -2.40. The smallest absolute Gasteiger partial charge is 0.244 e. The fourth-order valence-corrected chi connectivity index (χ4v) is 1.91. The van der Waals surface area contributed by atoms with E-state index in [1.165, 1.54) is 12.1 Å². The van der Waals surface area contributed by atoms with E-state index in [0.717, 1.165) is 12.5 Å². The Hall–Kier alpha value is -1.60. The molecule has 1 aliphatic rings. The minimum atomic E-state index is -0.980. The van der Waals surface area contributed by atoms with E-state index < -0.39 is 17.1 Å². The predicted molar refractivity (Wildman–Crippen MR) is 61.9 cm³/mol. The number of hydrogen-bond acceptors (Lipinski definition) is 2. The van der Waals surface area contributed by atoms with E-state index in [1.54, 1.807) is 0 Å². The maximum Gasteiger partial charge on any atom is 0.244 e. The van der Waals surface area contributed by atoms with Crippen LogP contribution in [0.4, 0.5) is 10.1 Å². The molecule has 3 nitrogen and oxygen atoms in total. The summed E-state index contributed by atoms with van der Waals surface area (Å²) in [6.07, 6.45) is 1.92. The number of nitriles is 1. The quantitative estimate of drug-likeness (QED) is 0.879. The topological polar surface area (TPSA) is 52.9 Å². The molecule has 2 rings (SSSR count). The zero-order valence-corrected chi connectivity index (χ0v) is 9.72. The number of anilines is 1. The molecule has 17 heavy (non-hydrogen) atoms. The third-order valence-corrected chi connectivity index (χ3v) is 3.27. The molecule has 0 aliphatic heterocycles. The normalized spacial score (nSPS) is 16.8. The number of nitrogens with one attached hydrogen (secondary N) is 1. The van der Waals surface area contributed by atoms with Crippen molar-refractivity contribution in [2.24, 2.45) is 5.41 Å². The van der Waals surface area contributed by atoms with Gasteiger partial charge in [-0.3, -0.25) is 4.79 Å².